The van der Waals surface area contributed by atoms with Gasteiger partial charge < -0.3 is 5.73 Å². The fourth-order valence-corrected chi connectivity index (χ4v) is 2.97. The molecule has 0 saturated heterocycles. The monoisotopic (exact) mass is 312 g/mol. The molecule has 2 aromatic carbocycles. The van der Waals surface area contributed by atoms with E-state index in [1.54, 1.807) is 6.92 Å². The molecule has 0 bridgehead atoms. The molecule has 4 nitrogen and oxygen atoms in total. The summed E-state index contributed by atoms with van der Waals surface area (Å²) in [6.45, 7) is 1.53. The van der Waals surface area contributed by atoms with Crippen molar-refractivity contribution in [1.29, 1.82) is 0 Å². The van der Waals surface area contributed by atoms with Crippen LogP contribution in [0.1, 0.15) is 11.1 Å². The molecule has 0 aliphatic rings. The van der Waals surface area contributed by atoms with Gasteiger partial charge in [-0.1, -0.05) is 0 Å². The fraction of sp³-hybridized carbons (Fsp3) is 0.143. The zero-order valence-corrected chi connectivity index (χ0v) is 12.0. The summed E-state index contributed by atoms with van der Waals surface area (Å²) in [5.41, 5.74) is 6.12. The van der Waals surface area contributed by atoms with Crippen LogP contribution in [0.4, 0.5) is 14.5 Å². The Hall–Kier alpha value is -1.99. The van der Waals surface area contributed by atoms with E-state index < -0.39 is 21.7 Å². The maximum absolute atomic E-state index is 13.3. The Labute approximate surface area is 121 Å². The number of halogens is 2. The van der Waals surface area contributed by atoms with E-state index in [1.807, 2.05) is 0 Å². The van der Waals surface area contributed by atoms with E-state index in [1.165, 1.54) is 12.1 Å². The Morgan fingerprint density at radius 3 is 2.48 bits per heavy atom. The number of aryl methyl sites for hydroxylation is 1. The lowest BCUT2D eigenvalue weighted by Crippen LogP contribution is -2.14. The van der Waals surface area contributed by atoms with Crippen LogP contribution in [0.3, 0.4) is 0 Å². The Morgan fingerprint density at radius 1 is 1.14 bits per heavy atom. The van der Waals surface area contributed by atoms with Crippen molar-refractivity contribution in [2.24, 2.45) is 5.73 Å². The highest BCUT2D eigenvalue weighted by Gasteiger charge is 2.16. The summed E-state index contributed by atoms with van der Waals surface area (Å²) in [7, 11) is -3.94. The van der Waals surface area contributed by atoms with Crippen molar-refractivity contribution in [3.8, 4) is 0 Å². The zero-order chi connectivity index (χ0) is 15.6. The van der Waals surface area contributed by atoms with Crippen molar-refractivity contribution >= 4 is 15.7 Å². The molecule has 0 atom stereocenters. The SMILES string of the molecule is Cc1cc(F)cc(NS(=O)(=O)c2ccc(F)c(CN)c2)c1. The second kappa shape index (κ2) is 5.79. The molecule has 0 saturated carbocycles. The second-order valence-corrected chi connectivity index (χ2v) is 6.26. The molecule has 0 fully saturated rings. The van der Waals surface area contributed by atoms with Crippen molar-refractivity contribution in [3.63, 3.8) is 0 Å². The molecule has 3 N–H and O–H groups in total. The normalized spacial score (nSPS) is 11.4. The first kappa shape index (κ1) is 15.4. The summed E-state index contributed by atoms with van der Waals surface area (Å²) in [4.78, 5) is -0.133. The van der Waals surface area contributed by atoms with Crippen molar-refractivity contribution < 1.29 is 17.2 Å². The highest BCUT2D eigenvalue weighted by molar-refractivity contribution is 7.92. The van der Waals surface area contributed by atoms with E-state index in [9.17, 15) is 17.2 Å². The van der Waals surface area contributed by atoms with Crippen molar-refractivity contribution in [2.45, 2.75) is 18.4 Å². The second-order valence-electron chi connectivity index (χ2n) is 4.58. The van der Waals surface area contributed by atoms with E-state index in [-0.39, 0.29) is 22.7 Å². The fourth-order valence-electron chi connectivity index (χ4n) is 1.88. The van der Waals surface area contributed by atoms with Crippen LogP contribution in [0.2, 0.25) is 0 Å². The van der Waals surface area contributed by atoms with Crippen LogP contribution in [-0.4, -0.2) is 8.42 Å². The van der Waals surface area contributed by atoms with Gasteiger partial charge in [0.05, 0.1) is 10.6 Å². The molecule has 21 heavy (non-hydrogen) atoms. The summed E-state index contributed by atoms with van der Waals surface area (Å²) in [5, 5.41) is 0. The first-order valence-corrected chi connectivity index (χ1v) is 7.58. The number of hydrogen-bond donors (Lipinski definition) is 2. The highest BCUT2D eigenvalue weighted by Crippen LogP contribution is 2.20. The molecule has 0 spiro atoms. The highest BCUT2D eigenvalue weighted by atomic mass is 32.2. The molecule has 0 unspecified atom stereocenters. The number of hydrogen-bond acceptors (Lipinski definition) is 3. The number of rotatable bonds is 4. The van der Waals surface area contributed by atoms with Gasteiger partial charge in [0.25, 0.3) is 10.0 Å². The lowest BCUT2D eigenvalue weighted by molar-refractivity contribution is 0.596. The lowest BCUT2D eigenvalue weighted by Gasteiger charge is -2.10. The maximum atomic E-state index is 13.3. The van der Waals surface area contributed by atoms with Gasteiger partial charge in [0, 0.05) is 12.1 Å². The van der Waals surface area contributed by atoms with Crippen LogP contribution >= 0.6 is 0 Å². The van der Waals surface area contributed by atoms with E-state index in [2.05, 4.69) is 4.72 Å². The Balaban J connectivity index is 2.38. The Kier molecular flexibility index (Phi) is 4.24. The molecule has 0 amide bonds. The summed E-state index contributed by atoms with van der Waals surface area (Å²) < 4.78 is 53.3. The van der Waals surface area contributed by atoms with Crippen LogP contribution in [0.5, 0.6) is 0 Å². The van der Waals surface area contributed by atoms with Crippen LogP contribution in [0.25, 0.3) is 0 Å². The predicted octanol–water partition coefficient (Wildman–Crippen LogP) is 2.53. The Bertz CT molecular complexity index is 756. The van der Waals surface area contributed by atoms with E-state index >= 15 is 0 Å². The standard InChI is InChI=1S/C14H14F2N2O2S/c1-9-4-11(15)7-12(5-9)18-21(19,20)13-2-3-14(16)10(6-13)8-17/h2-7,18H,8,17H2,1H3. The third kappa shape index (κ3) is 3.56. The van der Waals surface area contributed by atoms with Crippen LogP contribution < -0.4 is 10.5 Å². The van der Waals surface area contributed by atoms with Crippen LogP contribution in [-0.2, 0) is 16.6 Å². The molecule has 0 aliphatic heterocycles. The molecule has 7 heteroatoms. The predicted molar refractivity (Wildman–Crippen MR) is 76.2 cm³/mol. The van der Waals surface area contributed by atoms with E-state index in [0.717, 1.165) is 24.3 Å². The first-order valence-electron chi connectivity index (χ1n) is 6.10. The van der Waals surface area contributed by atoms with E-state index in [0.29, 0.717) is 5.56 Å². The third-order valence-corrected chi connectivity index (χ3v) is 4.22. The average molecular weight is 312 g/mol. The lowest BCUT2D eigenvalue weighted by atomic mass is 10.2. The van der Waals surface area contributed by atoms with Gasteiger partial charge >= 0.3 is 0 Å². The van der Waals surface area contributed by atoms with Crippen molar-refractivity contribution in [2.75, 3.05) is 4.72 Å². The minimum Gasteiger partial charge on any atom is -0.326 e. The van der Waals surface area contributed by atoms with Gasteiger partial charge in [-0.05, 0) is 48.9 Å². The quantitative estimate of drug-likeness (QED) is 0.911. The maximum Gasteiger partial charge on any atom is 0.261 e. The van der Waals surface area contributed by atoms with Gasteiger partial charge in [-0.15, -0.1) is 0 Å². The molecule has 2 rings (SSSR count). The number of benzene rings is 2. The minimum absolute atomic E-state index is 0.0910. The van der Waals surface area contributed by atoms with Crippen LogP contribution in [0.15, 0.2) is 41.3 Å². The molecular weight excluding hydrogens is 298 g/mol. The van der Waals surface area contributed by atoms with Crippen molar-refractivity contribution in [1.82, 2.24) is 0 Å². The third-order valence-electron chi connectivity index (χ3n) is 2.84. The van der Waals surface area contributed by atoms with Crippen LogP contribution in [0, 0.1) is 18.6 Å². The van der Waals surface area contributed by atoms with Gasteiger partial charge in [-0.25, -0.2) is 17.2 Å². The molecular formula is C14H14F2N2O2S. The summed E-state index contributed by atoms with van der Waals surface area (Å²) >= 11 is 0. The number of anilines is 1. The molecule has 2 aromatic rings. The smallest absolute Gasteiger partial charge is 0.261 e. The van der Waals surface area contributed by atoms with Gasteiger partial charge in [0.15, 0.2) is 0 Å². The van der Waals surface area contributed by atoms with Crippen molar-refractivity contribution in [3.05, 3.63) is 59.2 Å². The largest absolute Gasteiger partial charge is 0.326 e. The summed E-state index contributed by atoms with van der Waals surface area (Å²) in [6.07, 6.45) is 0. The van der Waals surface area contributed by atoms with Gasteiger partial charge in [0.2, 0.25) is 0 Å². The molecule has 0 radical (unpaired) electrons. The topological polar surface area (TPSA) is 72.2 Å². The number of sulfonamides is 1. The summed E-state index contributed by atoms with van der Waals surface area (Å²) in [5.74, 6) is -1.12. The summed E-state index contributed by atoms with van der Waals surface area (Å²) in [6, 6.07) is 7.16. The Morgan fingerprint density at radius 2 is 1.86 bits per heavy atom. The van der Waals surface area contributed by atoms with Gasteiger partial charge in [-0.2, -0.15) is 0 Å². The minimum atomic E-state index is -3.94. The molecule has 0 heterocycles. The average Bonchev–Trinajstić information content (AvgIpc) is 2.37. The molecule has 0 aromatic heterocycles. The zero-order valence-electron chi connectivity index (χ0n) is 11.2. The molecule has 0 aliphatic carbocycles. The first-order chi connectivity index (χ1) is 9.81. The molecule has 112 valence electrons. The number of nitrogens with one attached hydrogen (secondary N) is 1. The van der Waals surface area contributed by atoms with E-state index in [4.69, 9.17) is 5.73 Å². The van der Waals surface area contributed by atoms with Gasteiger partial charge in [-0.3, -0.25) is 4.72 Å². The number of nitrogens with two attached hydrogens (primary N) is 1. The van der Waals surface area contributed by atoms with Gasteiger partial charge in [0.1, 0.15) is 11.6 Å².